The van der Waals surface area contributed by atoms with Crippen LogP contribution in [0.3, 0.4) is 0 Å². The van der Waals surface area contributed by atoms with Crippen molar-refractivity contribution in [3.05, 3.63) is 29.8 Å². The lowest BCUT2D eigenvalue weighted by molar-refractivity contribution is 0.261. The van der Waals surface area contributed by atoms with Crippen LogP contribution in [0, 0.1) is 11.3 Å². The largest absolute Gasteiger partial charge is 0.365 e. The Morgan fingerprint density at radius 3 is 2.89 bits per heavy atom. The van der Waals surface area contributed by atoms with E-state index in [4.69, 9.17) is 5.73 Å². The highest BCUT2D eigenvalue weighted by Crippen LogP contribution is 2.25. The number of nitrogens with two attached hydrogens (primary N) is 1. The van der Waals surface area contributed by atoms with Crippen LogP contribution in [-0.2, 0) is 0 Å². The standard InChI is InChI=1S/C14H20N4/c1-17-8-9-18(13(11-17)6-7-15)14-5-3-2-4-12(14)10-16/h2-5,13H,6-9,11,15H2,1H3. The molecular formula is C14H20N4. The first kappa shape index (κ1) is 12.9. The Morgan fingerprint density at radius 2 is 2.17 bits per heavy atom. The minimum absolute atomic E-state index is 0.406. The van der Waals surface area contributed by atoms with E-state index in [1.54, 1.807) is 0 Å². The van der Waals surface area contributed by atoms with Crippen molar-refractivity contribution in [3.63, 3.8) is 0 Å². The van der Waals surface area contributed by atoms with Gasteiger partial charge >= 0.3 is 0 Å². The molecule has 0 bridgehead atoms. The molecule has 0 spiro atoms. The maximum absolute atomic E-state index is 9.21. The van der Waals surface area contributed by atoms with Crippen LogP contribution in [0.2, 0.25) is 0 Å². The monoisotopic (exact) mass is 244 g/mol. The molecule has 4 nitrogen and oxygen atoms in total. The lowest BCUT2D eigenvalue weighted by Gasteiger charge is -2.41. The second-order valence-electron chi connectivity index (χ2n) is 4.82. The molecule has 0 saturated carbocycles. The summed E-state index contributed by atoms with van der Waals surface area (Å²) in [6, 6.07) is 10.5. The Bertz CT molecular complexity index is 438. The fourth-order valence-electron chi connectivity index (χ4n) is 2.59. The smallest absolute Gasteiger partial charge is 0.101 e. The van der Waals surface area contributed by atoms with Crippen molar-refractivity contribution < 1.29 is 0 Å². The van der Waals surface area contributed by atoms with Crippen LogP contribution in [0.25, 0.3) is 0 Å². The van der Waals surface area contributed by atoms with Crippen LogP contribution in [0.4, 0.5) is 5.69 Å². The predicted molar refractivity (Wildman–Crippen MR) is 73.5 cm³/mol. The van der Waals surface area contributed by atoms with Crippen LogP contribution in [0.15, 0.2) is 24.3 Å². The molecule has 1 unspecified atom stereocenters. The number of nitriles is 1. The summed E-state index contributed by atoms with van der Waals surface area (Å²) in [7, 11) is 2.14. The van der Waals surface area contributed by atoms with Gasteiger partial charge in [-0.25, -0.2) is 0 Å². The number of para-hydroxylation sites is 1. The number of likely N-dealkylation sites (N-methyl/N-ethyl adjacent to an activating group) is 1. The van der Waals surface area contributed by atoms with Gasteiger partial charge in [-0.3, -0.25) is 0 Å². The van der Waals surface area contributed by atoms with Gasteiger partial charge in [0.1, 0.15) is 6.07 Å². The summed E-state index contributed by atoms with van der Waals surface area (Å²) < 4.78 is 0. The van der Waals surface area contributed by atoms with Gasteiger partial charge in [-0.2, -0.15) is 5.26 Å². The number of anilines is 1. The highest BCUT2D eigenvalue weighted by atomic mass is 15.3. The average Bonchev–Trinajstić information content (AvgIpc) is 2.39. The average molecular weight is 244 g/mol. The van der Waals surface area contributed by atoms with Gasteiger partial charge in [0.05, 0.1) is 11.3 Å². The molecule has 0 amide bonds. The van der Waals surface area contributed by atoms with Crippen LogP contribution in [-0.4, -0.2) is 44.2 Å². The van der Waals surface area contributed by atoms with E-state index in [0.717, 1.165) is 37.3 Å². The Morgan fingerprint density at radius 1 is 1.39 bits per heavy atom. The van der Waals surface area contributed by atoms with Gasteiger partial charge in [0.15, 0.2) is 0 Å². The zero-order valence-corrected chi connectivity index (χ0v) is 10.8. The number of nitrogens with zero attached hydrogens (tertiary/aromatic N) is 3. The molecule has 2 N–H and O–H groups in total. The quantitative estimate of drug-likeness (QED) is 0.862. The van der Waals surface area contributed by atoms with E-state index in [1.807, 2.05) is 24.3 Å². The molecule has 1 aromatic carbocycles. The molecule has 0 aliphatic carbocycles. The van der Waals surface area contributed by atoms with Gasteiger partial charge in [0.25, 0.3) is 0 Å². The zero-order valence-electron chi connectivity index (χ0n) is 10.8. The molecule has 0 radical (unpaired) electrons. The van der Waals surface area contributed by atoms with Gasteiger partial charge < -0.3 is 15.5 Å². The highest BCUT2D eigenvalue weighted by Gasteiger charge is 2.26. The third kappa shape index (κ3) is 2.63. The topological polar surface area (TPSA) is 56.3 Å². The molecule has 1 aliphatic rings. The maximum atomic E-state index is 9.21. The summed E-state index contributed by atoms with van der Waals surface area (Å²) in [6.45, 7) is 3.68. The van der Waals surface area contributed by atoms with Gasteiger partial charge in [-0.15, -0.1) is 0 Å². The molecule has 4 heteroatoms. The molecule has 1 fully saturated rings. The summed E-state index contributed by atoms with van der Waals surface area (Å²) >= 11 is 0. The Hall–Kier alpha value is -1.57. The molecule has 96 valence electrons. The SMILES string of the molecule is CN1CCN(c2ccccc2C#N)C(CCN)C1. The molecule has 1 atom stereocenters. The number of piperazine rings is 1. The lowest BCUT2D eigenvalue weighted by atomic mass is 10.1. The van der Waals surface area contributed by atoms with E-state index in [9.17, 15) is 5.26 Å². The maximum Gasteiger partial charge on any atom is 0.101 e. The molecule has 18 heavy (non-hydrogen) atoms. The number of hydrogen-bond donors (Lipinski definition) is 1. The van der Waals surface area contributed by atoms with Gasteiger partial charge in [-0.1, -0.05) is 12.1 Å². The van der Waals surface area contributed by atoms with Gasteiger partial charge in [0, 0.05) is 25.7 Å². The van der Waals surface area contributed by atoms with Crippen LogP contribution >= 0.6 is 0 Å². The Labute approximate surface area is 109 Å². The van der Waals surface area contributed by atoms with E-state index in [2.05, 4.69) is 22.9 Å². The Balaban J connectivity index is 2.27. The summed E-state index contributed by atoms with van der Waals surface area (Å²) in [5.41, 5.74) is 7.51. The van der Waals surface area contributed by atoms with E-state index < -0.39 is 0 Å². The molecule has 1 aliphatic heterocycles. The van der Waals surface area contributed by atoms with Gasteiger partial charge in [-0.05, 0) is 32.1 Å². The number of benzene rings is 1. The third-order valence-electron chi connectivity index (χ3n) is 3.52. The number of hydrogen-bond acceptors (Lipinski definition) is 4. The second-order valence-corrected chi connectivity index (χ2v) is 4.82. The normalized spacial score (nSPS) is 20.7. The van der Waals surface area contributed by atoms with Crippen LogP contribution in [0.5, 0.6) is 0 Å². The van der Waals surface area contributed by atoms with Crippen LogP contribution in [0.1, 0.15) is 12.0 Å². The van der Waals surface area contributed by atoms with E-state index >= 15 is 0 Å². The molecule has 0 aromatic heterocycles. The van der Waals surface area contributed by atoms with Gasteiger partial charge in [0.2, 0.25) is 0 Å². The molecule has 2 rings (SSSR count). The summed E-state index contributed by atoms with van der Waals surface area (Å²) in [5, 5.41) is 9.21. The zero-order chi connectivity index (χ0) is 13.0. The highest BCUT2D eigenvalue weighted by molar-refractivity contribution is 5.60. The van der Waals surface area contributed by atoms with E-state index in [-0.39, 0.29) is 0 Å². The summed E-state index contributed by atoms with van der Waals surface area (Å²) in [6.07, 6.45) is 0.962. The molecular weight excluding hydrogens is 224 g/mol. The van der Waals surface area contributed by atoms with Crippen molar-refractivity contribution in [3.8, 4) is 6.07 Å². The van der Waals surface area contributed by atoms with Crippen molar-refractivity contribution in [2.24, 2.45) is 5.73 Å². The summed E-state index contributed by atoms with van der Waals surface area (Å²) in [5.74, 6) is 0. The lowest BCUT2D eigenvalue weighted by Crippen LogP contribution is -2.52. The summed E-state index contributed by atoms with van der Waals surface area (Å²) in [4.78, 5) is 4.66. The molecule has 1 heterocycles. The fourth-order valence-corrected chi connectivity index (χ4v) is 2.59. The minimum atomic E-state index is 0.406. The second kappa shape index (κ2) is 5.85. The minimum Gasteiger partial charge on any atom is -0.365 e. The first-order chi connectivity index (χ1) is 8.76. The van der Waals surface area contributed by atoms with Crippen molar-refractivity contribution in [2.75, 3.05) is 38.1 Å². The number of rotatable bonds is 3. The Kier molecular flexibility index (Phi) is 4.19. The van der Waals surface area contributed by atoms with E-state index in [1.165, 1.54) is 0 Å². The van der Waals surface area contributed by atoms with E-state index in [0.29, 0.717) is 12.6 Å². The molecule has 1 aromatic rings. The first-order valence-electron chi connectivity index (χ1n) is 6.40. The third-order valence-corrected chi connectivity index (χ3v) is 3.52. The van der Waals surface area contributed by atoms with Crippen molar-refractivity contribution in [1.82, 2.24) is 4.90 Å². The van der Waals surface area contributed by atoms with Crippen molar-refractivity contribution in [1.29, 1.82) is 5.26 Å². The van der Waals surface area contributed by atoms with Crippen molar-refractivity contribution >= 4 is 5.69 Å². The fraction of sp³-hybridized carbons (Fsp3) is 0.500. The first-order valence-corrected chi connectivity index (χ1v) is 6.40. The van der Waals surface area contributed by atoms with Crippen molar-refractivity contribution in [2.45, 2.75) is 12.5 Å². The van der Waals surface area contributed by atoms with Crippen LogP contribution < -0.4 is 10.6 Å². The predicted octanol–water partition coefficient (Wildman–Crippen LogP) is 1.03. The molecule has 1 saturated heterocycles.